The van der Waals surface area contributed by atoms with E-state index in [1.807, 2.05) is 24.3 Å². The largest absolute Gasteiger partial charge is 0.493 e. The van der Waals surface area contributed by atoms with Gasteiger partial charge in [0.05, 0.1) is 19.9 Å². The predicted molar refractivity (Wildman–Crippen MR) is 113 cm³/mol. The first-order valence-corrected chi connectivity index (χ1v) is 9.52. The highest BCUT2D eigenvalue weighted by atomic mass is 16.5. The Bertz CT molecular complexity index is 1070. The molecule has 8 nitrogen and oxygen atoms in total. The van der Waals surface area contributed by atoms with Crippen molar-refractivity contribution in [3.63, 3.8) is 0 Å². The first-order chi connectivity index (χ1) is 14.5. The zero-order valence-electron chi connectivity index (χ0n) is 17.2. The highest BCUT2D eigenvalue weighted by Crippen LogP contribution is 2.27. The first-order valence-electron chi connectivity index (χ1n) is 9.52. The smallest absolute Gasteiger partial charge is 0.267 e. The fourth-order valence-electron chi connectivity index (χ4n) is 3.00. The van der Waals surface area contributed by atoms with Crippen molar-refractivity contribution < 1.29 is 14.3 Å². The molecule has 0 bridgehead atoms. The van der Waals surface area contributed by atoms with E-state index in [9.17, 15) is 9.59 Å². The fourth-order valence-corrected chi connectivity index (χ4v) is 3.00. The van der Waals surface area contributed by atoms with Crippen molar-refractivity contribution in [3.8, 4) is 22.8 Å². The molecule has 0 saturated carbocycles. The van der Waals surface area contributed by atoms with Crippen LogP contribution in [0.4, 0.5) is 0 Å². The van der Waals surface area contributed by atoms with Crippen LogP contribution in [-0.4, -0.2) is 41.4 Å². The lowest BCUT2D eigenvalue weighted by molar-refractivity contribution is -0.124. The Morgan fingerprint density at radius 3 is 2.63 bits per heavy atom. The summed E-state index contributed by atoms with van der Waals surface area (Å²) in [5, 5.41) is 7.20. The Balaban J connectivity index is 1.66. The average Bonchev–Trinajstić information content (AvgIpc) is 2.79. The predicted octanol–water partition coefficient (Wildman–Crippen LogP) is 2.24. The maximum absolute atomic E-state index is 12.6. The third-order valence-corrected chi connectivity index (χ3v) is 4.69. The fraction of sp³-hybridized carbons (Fsp3) is 0.273. The molecule has 3 rings (SSSR count). The minimum Gasteiger partial charge on any atom is -0.493 e. The average molecular weight is 408 g/mol. The molecule has 0 aliphatic carbocycles. The number of amides is 1. The van der Waals surface area contributed by atoms with Gasteiger partial charge in [-0.15, -0.1) is 0 Å². The van der Waals surface area contributed by atoms with Gasteiger partial charge in [0.1, 0.15) is 6.04 Å². The highest BCUT2D eigenvalue weighted by Gasteiger charge is 2.18. The second-order valence-electron chi connectivity index (χ2n) is 6.65. The molecule has 1 amide bonds. The van der Waals surface area contributed by atoms with Crippen LogP contribution < -0.4 is 20.3 Å². The number of ether oxygens (including phenoxy) is 2. The molecule has 0 aliphatic heterocycles. The second-order valence-corrected chi connectivity index (χ2v) is 6.65. The van der Waals surface area contributed by atoms with Crippen molar-refractivity contribution >= 4 is 5.91 Å². The third kappa shape index (κ3) is 4.83. The molecule has 3 aromatic rings. The zero-order chi connectivity index (χ0) is 21.5. The number of hydrogen-bond acceptors (Lipinski definition) is 6. The van der Waals surface area contributed by atoms with Crippen LogP contribution in [0.15, 0.2) is 59.7 Å². The summed E-state index contributed by atoms with van der Waals surface area (Å²) in [5.41, 5.74) is 2.00. The second kappa shape index (κ2) is 9.69. The minimum atomic E-state index is -0.750. The Hall–Kier alpha value is -3.68. The molecule has 1 N–H and O–H groups in total. The molecular weight excluding hydrogens is 384 g/mol. The van der Waals surface area contributed by atoms with Crippen LogP contribution in [0, 0.1) is 0 Å². The van der Waals surface area contributed by atoms with Crippen LogP contribution in [0.3, 0.4) is 0 Å². The summed E-state index contributed by atoms with van der Waals surface area (Å²) in [6.07, 6.45) is 3.93. The lowest BCUT2D eigenvalue weighted by Gasteiger charge is -2.15. The van der Waals surface area contributed by atoms with E-state index < -0.39 is 6.04 Å². The van der Waals surface area contributed by atoms with E-state index in [-0.39, 0.29) is 11.5 Å². The Labute approximate surface area is 174 Å². The number of pyridine rings is 1. The van der Waals surface area contributed by atoms with Gasteiger partial charge in [0.15, 0.2) is 11.5 Å². The van der Waals surface area contributed by atoms with E-state index in [4.69, 9.17) is 9.47 Å². The van der Waals surface area contributed by atoms with Gasteiger partial charge in [0, 0.05) is 30.6 Å². The van der Waals surface area contributed by atoms with E-state index in [2.05, 4.69) is 15.4 Å². The van der Waals surface area contributed by atoms with E-state index in [0.29, 0.717) is 30.2 Å². The zero-order valence-corrected chi connectivity index (χ0v) is 17.2. The van der Waals surface area contributed by atoms with Crippen molar-refractivity contribution in [2.24, 2.45) is 0 Å². The lowest BCUT2D eigenvalue weighted by Crippen LogP contribution is -2.37. The van der Waals surface area contributed by atoms with Crippen LogP contribution in [0.2, 0.25) is 0 Å². The molecule has 1 unspecified atom stereocenters. The summed E-state index contributed by atoms with van der Waals surface area (Å²) in [6.45, 7) is 2.06. The van der Waals surface area contributed by atoms with Gasteiger partial charge in [-0.25, -0.2) is 4.68 Å². The van der Waals surface area contributed by atoms with Crippen LogP contribution in [-0.2, 0) is 11.2 Å². The number of carbonyl (C=O) groups excluding carboxylic acids is 1. The number of methoxy groups -OCH3 is 2. The number of carbonyl (C=O) groups is 1. The van der Waals surface area contributed by atoms with Crippen molar-refractivity contribution in [1.29, 1.82) is 0 Å². The molecule has 156 valence electrons. The standard InChI is InChI=1S/C22H24N4O4/c1-15(26-21(27)9-7-18(25-26)17-5-4-11-23-14-17)22(28)24-12-10-16-6-8-19(29-2)20(13-16)30-3/h4-9,11,13-15H,10,12H2,1-3H3,(H,24,28). The third-order valence-electron chi connectivity index (χ3n) is 4.69. The molecule has 0 fully saturated rings. The van der Waals surface area contributed by atoms with Crippen LogP contribution >= 0.6 is 0 Å². The molecule has 0 spiro atoms. The molecule has 2 aromatic heterocycles. The molecule has 30 heavy (non-hydrogen) atoms. The SMILES string of the molecule is COc1ccc(CCNC(=O)C(C)n2nc(-c3cccnc3)ccc2=O)cc1OC. The Morgan fingerprint density at radius 1 is 1.13 bits per heavy atom. The maximum atomic E-state index is 12.6. The van der Waals surface area contributed by atoms with Gasteiger partial charge in [0.25, 0.3) is 5.56 Å². The number of rotatable bonds is 8. The van der Waals surface area contributed by atoms with E-state index in [1.54, 1.807) is 45.7 Å². The molecule has 0 radical (unpaired) electrons. The first kappa shape index (κ1) is 21.0. The molecule has 1 aromatic carbocycles. The van der Waals surface area contributed by atoms with Gasteiger partial charge in [-0.3, -0.25) is 14.6 Å². The summed E-state index contributed by atoms with van der Waals surface area (Å²) in [4.78, 5) is 28.9. The molecule has 8 heteroatoms. The summed E-state index contributed by atoms with van der Waals surface area (Å²) < 4.78 is 11.7. The van der Waals surface area contributed by atoms with Gasteiger partial charge in [-0.1, -0.05) is 6.07 Å². The number of benzene rings is 1. The maximum Gasteiger partial charge on any atom is 0.267 e. The Kier molecular flexibility index (Phi) is 6.79. The van der Waals surface area contributed by atoms with Gasteiger partial charge in [0.2, 0.25) is 5.91 Å². The van der Waals surface area contributed by atoms with Gasteiger partial charge < -0.3 is 14.8 Å². The quantitative estimate of drug-likeness (QED) is 0.614. The summed E-state index contributed by atoms with van der Waals surface area (Å²) in [7, 11) is 3.16. The van der Waals surface area contributed by atoms with Crippen LogP contribution in [0.5, 0.6) is 11.5 Å². The number of hydrogen-bond donors (Lipinski definition) is 1. The monoisotopic (exact) mass is 408 g/mol. The molecule has 2 heterocycles. The summed E-state index contributed by atoms with van der Waals surface area (Å²) in [6, 6.07) is 11.5. The highest BCUT2D eigenvalue weighted by molar-refractivity contribution is 5.79. The van der Waals surface area contributed by atoms with Crippen LogP contribution in [0.1, 0.15) is 18.5 Å². The Morgan fingerprint density at radius 2 is 1.93 bits per heavy atom. The minimum absolute atomic E-state index is 0.284. The van der Waals surface area contributed by atoms with Crippen molar-refractivity contribution in [2.45, 2.75) is 19.4 Å². The molecule has 0 aliphatic rings. The number of aromatic nitrogens is 3. The molecule has 1 atom stereocenters. The van der Waals surface area contributed by atoms with Gasteiger partial charge in [-0.2, -0.15) is 5.10 Å². The van der Waals surface area contributed by atoms with Crippen molar-refractivity contribution in [2.75, 3.05) is 20.8 Å². The van der Waals surface area contributed by atoms with Crippen LogP contribution in [0.25, 0.3) is 11.3 Å². The van der Waals surface area contributed by atoms with Gasteiger partial charge >= 0.3 is 0 Å². The van der Waals surface area contributed by atoms with Crippen molar-refractivity contribution in [3.05, 3.63) is 70.8 Å². The molecule has 0 saturated heterocycles. The normalized spacial score (nSPS) is 11.6. The molecular formula is C22H24N4O4. The van der Waals surface area contributed by atoms with E-state index >= 15 is 0 Å². The van der Waals surface area contributed by atoms with E-state index in [0.717, 1.165) is 11.1 Å². The van der Waals surface area contributed by atoms with Crippen molar-refractivity contribution in [1.82, 2.24) is 20.1 Å². The topological polar surface area (TPSA) is 95.3 Å². The lowest BCUT2D eigenvalue weighted by atomic mass is 10.1. The summed E-state index contributed by atoms with van der Waals surface area (Å²) >= 11 is 0. The summed E-state index contributed by atoms with van der Waals surface area (Å²) in [5.74, 6) is 1.00. The number of nitrogens with zero attached hydrogens (tertiary/aromatic N) is 3. The number of nitrogens with one attached hydrogen (secondary N) is 1. The van der Waals surface area contributed by atoms with Gasteiger partial charge in [-0.05, 0) is 49.2 Å². The van der Waals surface area contributed by atoms with E-state index in [1.165, 1.54) is 10.7 Å².